The summed E-state index contributed by atoms with van der Waals surface area (Å²) in [5.74, 6) is -0.134. The van der Waals surface area contributed by atoms with Crippen molar-refractivity contribution in [3.63, 3.8) is 0 Å². The van der Waals surface area contributed by atoms with E-state index in [9.17, 15) is 4.79 Å². The molecule has 1 fully saturated rings. The average molecular weight is 236 g/mol. The van der Waals surface area contributed by atoms with Crippen LogP contribution < -0.4 is 0 Å². The highest BCUT2D eigenvalue weighted by Crippen LogP contribution is 2.45. The van der Waals surface area contributed by atoms with Crippen LogP contribution in [0.5, 0.6) is 0 Å². The molecule has 0 aliphatic heterocycles. The van der Waals surface area contributed by atoms with Crippen LogP contribution in [0.25, 0.3) is 0 Å². The summed E-state index contributed by atoms with van der Waals surface area (Å²) < 4.78 is 0. The lowest BCUT2D eigenvalue weighted by atomic mass is 9.99. The number of carbonyl (C=O) groups is 1. The summed E-state index contributed by atoms with van der Waals surface area (Å²) in [6, 6.07) is 3.78. The Kier molecular flexibility index (Phi) is 3.24. The SMILES string of the molecule is CCc1c(C(=O)O)ccc(C2CC2)c1SC. The second kappa shape index (κ2) is 4.50. The van der Waals surface area contributed by atoms with Crippen LogP contribution in [-0.4, -0.2) is 17.3 Å². The van der Waals surface area contributed by atoms with Crippen LogP contribution in [0.3, 0.4) is 0 Å². The summed E-state index contributed by atoms with van der Waals surface area (Å²) in [7, 11) is 0. The molecule has 1 aliphatic carbocycles. The molecule has 1 N–H and O–H groups in total. The fraction of sp³-hybridized carbons (Fsp3) is 0.462. The summed E-state index contributed by atoms with van der Waals surface area (Å²) >= 11 is 1.68. The molecule has 3 heteroatoms. The van der Waals surface area contributed by atoms with Gasteiger partial charge >= 0.3 is 5.97 Å². The van der Waals surface area contributed by atoms with Gasteiger partial charge < -0.3 is 5.11 Å². The maximum absolute atomic E-state index is 11.1. The van der Waals surface area contributed by atoms with Crippen LogP contribution in [0.4, 0.5) is 0 Å². The minimum atomic E-state index is -0.811. The van der Waals surface area contributed by atoms with Crippen LogP contribution in [0, 0.1) is 0 Å². The van der Waals surface area contributed by atoms with Gasteiger partial charge in [-0.2, -0.15) is 0 Å². The molecule has 1 aromatic rings. The van der Waals surface area contributed by atoms with E-state index in [4.69, 9.17) is 5.11 Å². The van der Waals surface area contributed by atoms with E-state index in [1.54, 1.807) is 17.8 Å². The van der Waals surface area contributed by atoms with Gasteiger partial charge in [-0.15, -0.1) is 11.8 Å². The van der Waals surface area contributed by atoms with Gasteiger partial charge in [-0.25, -0.2) is 4.79 Å². The Labute approximate surface area is 100 Å². The zero-order valence-electron chi connectivity index (χ0n) is 9.62. The van der Waals surface area contributed by atoms with Crippen molar-refractivity contribution in [3.8, 4) is 0 Å². The largest absolute Gasteiger partial charge is 0.478 e. The lowest BCUT2D eigenvalue weighted by Crippen LogP contribution is -2.05. The van der Waals surface area contributed by atoms with Gasteiger partial charge in [-0.3, -0.25) is 0 Å². The lowest BCUT2D eigenvalue weighted by molar-refractivity contribution is 0.0695. The van der Waals surface area contributed by atoms with E-state index in [0.29, 0.717) is 11.5 Å². The van der Waals surface area contributed by atoms with Crippen molar-refractivity contribution in [2.75, 3.05) is 6.26 Å². The Morgan fingerprint density at radius 2 is 2.19 bits per heavy atom. The standard InChI is InChI=1S/C13H16O2S/c1-3-9-11(13(14)15)7-6-10(8-4-5-8)12(9)16-2/h6-8H,3-5H2,1-2H3,(H,14,15). The van der Waals surface area contributed by atoms with Crippen LogP contribution in [0.2, 0.25) is 0 Å². The topological polar surface area (TPSA) is 37.3 Å². The van der Waals surface area contributed by atoms with Crippen molar-refractivity contribution in [2.24, 2.45) is 0 Å². The molecule has 0 saturated heterocycles. The molecule has 1 saturated carbocycles. The van der Waals surface area contributed by atoms with Gasteiger partial charge in [0.15, 0.2) is 0 Å². The molecular formula is C13H16O2S. The molecular weight excluding hydrogens is 220 g/mol. The van der Waals surface area contributed by atoms with E-state index in [1.807, 2.05) is 19.2 Å². The average Bonchev–Trinajstić information content (AvgIpc) is 3.10. The van der Waals surface area contributed by atoms with Crippen LogP contribution in [-0.2, 0) is 6.42 Å². The molecule has 0 bridgehead atoms. The van der Waals surface area contributed by atoms with E-state index in [0.717, 1.165) is 12.0 Å². The zero-order chi connectivity index (χ0) is 11.7. The van der Waals surface area contributed by atoms with E-state index in [1.165, 1.54) is 23.3 Å². The summed E-state index contributed by atoms with van der Waals surface area (Å²) in [5.41, 5.74) is 2.83. The fourth-order valence-electron chi connectivity index (χ4n) is 2.15. The van der Waals surface area contributed by atoms with Gasteiger partial charge in [0.2, 0.25) is 0 Å². The fourth-order valence-corrected chi connectivity index (χ4v) is 3.13. The van der Waals surface area contributed by atoms with Gasteiger partial charge in [0, 0.05) is 4.90 Å². The number of hydrogen-bond donors (Lipinski definition) is 1. The maximum atomic E-state index is 11.1. The van der Waals surface area contributed by atoms with E-state index >= 15 is 0 Å². The predicted molar refractivity (Wildman–Crippen MR) is 66.5 cm³/mol. The molecule has 0 atom stereocenters. The Bertz CT molecular complexity index is 422. The molecule has 0 radical (unpaired) electrons. The first-order chi connectivity index (χ1) is 7.69. The number of benzene rings is 1. The van der Waals surface area contributed by atoms with Crippen molar-refractivity contribution >= 4 is 17.7 Å². The normalized spacial score (nSPS) is 15.1. The van der Waals surface area contributed by atoms with Gasteiger partial charge in [-0.1, -0.05) is 13.0 Å². The lowest BCUT2D eigenvalue weighted by Gasteiger charge is -2.14. The molecule has 0 aromatic heterocycles. The number of carboxylic acids is 1. The van der Waals surface area contributed by atoms with E-state index < -0.39 is 5.97 Å². The second-order valence-electron chi connectivity index (χ2n) is 4.15. The van der Waals surface area contributed by atoms with Crippen LogP contribution >= 0.6 is 11.8 Å². The summed E-state index contributed by atoms with van der Waals surface area (Å²) in [6.45, 7) is 2.03. The number of rotatable bonds is 4. The number of hydrogen-bond acceptors (Lipinski definition) is 2. The Hall–Kier alpha value is -0.960. The van der Waals surface area contributed by atoms with Crippen molar-refractivity contribution in [1.82, 2.24) is 0 Å². The first-order valence-electron chi connectivity index (χ1n) is 5.62. The zero-order valence-corrected chi connectivity index (χ0v) is 10.4. The molecule has 0 spiro atoms. The highest BCUT2D eigenvalue weighted by Gasteiger charge is 2.28. The molecule has 1 aromatic carbocycles. The van der Waals surface area contributed by atoms with Gasteiger partial charge in [0.25, 0.3) is 0 Å². The van der Waals surface area contributed by atoms with E-state index in [2.05, 4.69) is 0 Å². The molecule has 0 heterocycles. The first kappa shape index (κ1) is 11.5. The number of thioether (sulfide) groups is 1. The van der Waals surface area contributed by atoms with Crippen molar-refractivity contribution in [3.05, 3.63) is 28.8 Å². The molecule has 2 rings (SSSR count). The monoisotopic (exact) mass is 236 g/mol. The molecule has 16 heavy (non-hydrogen) atoms. The predicted octanol–water partition coefficient (Wildman–Crippen LogP) is 3.55. The van der Waals surface area contributed by atoms with Crippen LogP contribution in [0.15, 0.2) is 17.0 Å². The molecule has 0 amide bonds. The minimum absolute atomic E-state index is 0.469. The summed E-state index contributed by atoms with van der Waals surface area (Å²) in [6.07, 6.45) is 5.33. The minimum Gasteiger partial charge on any atom is -0.478 e. The summed E-state index contributed by atoms with van der Waals surface area (Å²) in [4.78, 5) is 12.3. The van der Waals surface area contributed by atoms with Crippen molar-refractivity contribution in [2.45, 2.75) is 37.0 Å². The molecule has 86 valence electrons. The first-order valence-corrected chi connectivity index (χ1v) is 6.84. The quantitative estimate of drug-likeness (QED) is 0.812. The second-order valence-corrected chi connectivity index (χ2v) is 4.96. The maximum Gasteiger partial charge on any atom is 0.336 e. The Balaban J connectivity index is 2.55. The third-order valence-corrected chi connectivity index (χ3v) is 3.99. The van der Waals surface area contributed by atoms with Crippen LogP contribution in [0.1, 0.15) is 47.2 Å². The van der Waals surface area contributed by atoms with Crippen molar-refractivity contribution < 1.29 is 9.90 Å². The third-order valence-electron chi connectivity index (χ3n) is 3.10. The molecule has 2 nitrogen and oxygen atoms in total. The Morgan fingerprint density at radius 1 is 1.50 bits per heavy atom. The summed E-state index contributed by atoms with van der Waals surface area (Å²) in [5, 5.41) is 9.15. The molecule has 0 unspecified atom stereocenters. The smallest absolute Gasteiger partial charge is 0.336 e. The van der Waals surface area contributed by atoms with E-state index in [-0.39, 0.29) is 0 Å². The third kappa shape index (κ3) is 1.96. The van der Waals surface area contributed by atoms with Gasteiger partial charge in [-0.05, 0) is 48.6 Å². The Morgan fingerprint density at radius 3 is 2.62 bits per heavy atom. The van der Waals surface area contributed by atoms with Crippen molar-refractivity contribution in [1.29, 1.82) is 0 Å². The molecule has 1 aliphatic rings. The highest BCUT2D eigenvalue weighted by atomic mass is 32.2. The highest BCUT2D eigenvalue weighted by molar-refractivity contribution is 7.98. The number of carboxylic acid groups (broad SMARTS) is 1. The van der Waals surface area contributed by atoms with Gasteiger partial charge in [0.1, 0.15) is 0 Å². The number of aromatic carboxylic acids is 1. The van der Waals surface area contributed by atoms with Gasteiger partial charge in [0.05, 0.1) is 5.56 Å².